The highest BCUT2D eigenvalue weighted by Gasteiger charge is 2.37. The van der Waals surface area contributed by atoms with Crippen LogP contribution in [0.5, 0.6) is 0 Å². The van der Waals surface area contributed by atoms with E-state index in [0.717, 1.165) is 23.0 Å². The van der Waals surface area contributed by atoms with Gasteiger partial charge in [0.2, 0.25) is 11.8 Å². The first-order chi connectivity index (χ1) is 15.3. The van der Waals surface area contributed by atoms with Crippen molar-refractivity contribution < 1.29 is 22.5 Å². The number of Topliss-reactive ketones (excluding diaryl/α,β-unsaturated/α-hetero) is 1. The maximum absolute atomic E-state index is 13.2. The predicted molar refractivity (Wildman–Crippen MR) is 116 cm³/mol. The number of rotatable bonds is 3. The quantitative estimate of drug-likeness (QED) is 0.367. The van der Waals surface area contributed by atoms with E-state index >= 15 is 0 Å². The smallest absolute Gasteiger partial charge is 0.340 e. The monoisotopic (exact) mass is 435 g/mol. The maximum atomic E-state index is 13.2. The van der Waals surface area contributed by atoms with Gasteiger partial charge in [-0.25, -0.2) is 0 Å². The Balaban J connectivity index is 1.48. The van der Waals surface area contributed by atoms with E-state index in [1.54, 1.807) is 0 Å². The van der Waals surface area contributed by atoms with Crippen LogP contribution in [-0.4, -0.2) is 10.4 Å². The standard InChI is InChI=1S/C26H22F3N2O/c1-17(18-5-3-2-4-6-18)31-14-11-20-16-30(13-12-23(20)31)24-10-8-19-7-9-21(26(27,28)29)15-22(19)25(24)32/h2-7,9,11-17,24H,8,10H2,1H3/q+1. The largest absolute Gasteiger partial charge is 0.416 e. The zero-order chi connectivity index (χ0) is 22.5. The Labute approximate surface area is 183 Å². The van der Waals surface area contributed by atoms with Gasteiger partial charge in [0, 0.05) is 24.2 Å². The molecule has 0 bridgehead atoms. The van der Waals surface area contributed by atoms with Gasteiger partial charge in [0.1, 0.15) is 0 Å². The summed E-state index contributed by atoms with van der Waals surface area (Å²) in [5, 5.41) is 0.984. The third-order valence-electron chi connectivity index (χ3n) is 6.43. The summed E-state index contributed by atoms with van der Waals surface area (Å²) in [7, 11) is 0. The minimum atomic E-state index is -4.47. The molecule has 0 saturated heterocycles. The Morgan fingerprint density at radius 1 is 1.06 bits per heavy atom. The molecular weight excluding hydrogens is 413 g/mol. The van der Waals surface area contributed by atoms with Crippen molar-refractivity contribution in [2.24, 2.45) is 0 Å². The van der Waals surface area contributed by atoms with Gasteiger partial charge < -0.3 is 4.57 Å². The van der Waals surface area contributed by atoms with Crippen LogP contribution in [0.2, 0.25) is 0 Å². The number of aryl methyl sites for hydroxylation is 1. The van der Waals surface area contributed by atoms with Crippen LogP contribution in [0.25, 0.3) is 10.9 Å². The fourth-order valence-corrected chi connectivity index (χ4v) is 4.64. The molecule has 0 N–H and O–H groups in total. The van der Waals surface area contributed by atoms with Gasteiger partial charge in [-0.05, 0) is 42.7 Å². The summed E-state index contributed by atoms with van der Waals surface area (Å²) in [6.07, 6.45) is 2.48. The summed E-state index contributed by atoms with van der Waals surface area (Å²) in [4.78, 5) is 13.1. The SMILES string of the molecule is CC(c1ccccc1)n1ccc2c[n+](C3CCc4ccc(C(F)(F)F)cc4C3=O)ccc21. The van der Waals surface area contributed by atoms with Gasteiger partial charge in [0.25, 0.3) is 0 Å². The Hall–Kier alpha value is -3.41. The van der Waals surface area contributed by atoms with Crippen molar-refractivity contribution >= 4 is 16.7 Å². The highest BCUT2D eigenvalue weighted by Crippen LogP contribution is 2.34. The van der Waals surface area contributed by atoms with Crippen molar-refractivity contribution in [1.82, 2.24) is 4.57 Å². The molecule has 0 fully saturated rings. The molecule has 2 aromatic carbocycles. The van der Waals surface area contributed by atoms with Gasteiger partial charge in [-0.1, -0.05) is 36.4 Å². The molecule has 0 aliphatic heterocycles. The molecule has 5 rings (SSSR count). The van der Waals surface area contributed by atoms with Crippen LogP contribution < -0.4 is 4.57 Å². The molecule has 2 unspecified atom stereocenters. The van der Waals surface area contributed by atoms with E-state index in [0.29, 0.717) is 18.4 Å². The minimum Gasteiger partial charge on any atom is -0.340 e. The molecular formula is C26H22F3N2O+. The lowest BCUT2D eigenvalue weighted by Gasteiger charge is -2.21. The van der Waals surface area contributed by atoms with Crippen LogP contribution in [0.1, 0.15) is 52.5 Å². The summed E-state index contributed by atoms with van der Waals surface area (Å²) in [6, 6.07) is 17.3. The van der Waals surface area contributed by atoms with Gasteiger partial charge in [-0.2, -0.15) is 17.7 Å². The average Bonchev–Trinajstić information content (AvgIpc) is 3.22. The molecule has 1 aliphatic rings. The normalized spacial score (nSPS) is 17.4. The molecule has 4 aromatic rings. The number of hydrogen-bond donors (Lipinski definition) is 0. The van der Waals surface area contributed by atoms with Crippen LogP contribution in [0.4, 0.5) is 13.2 Å². The van der Waals surface area contributed by atoms with Crippen LogP contribution in [-0.2, 0) is 12.6 Å². The summed E-state index contributed by atoms with van der Waals surface area (Å²) < 4.78 is 43.5. The number of fused-ring (bicyclic) bond motifs is 2. The van der Waals surface area contributed by atoms with E-state index in [2.05, 4.69) is 23.6 Å². The number of nitrogens with zero attached hydrogens (tertiary/aromatic N) is 2. The number of alkyl halides is 3. The lowest BCUT2D eigenvalue weighted by Crippen LogP contribution is -2.45. The molecule has 32 heavy (non-hydrogen) atoms. The Bertz CT molecular complexity index is 1310. The Morgan fingerprint density at radius 3 is 2.59 bits per heavy atom. The summed E-state index contributed by atoms with van der Waals surface area (Å²) in [6.45, 7) is 2.13. The number of ketones is 1. The number of carbonyl (C=O) groups is 1. The van der Waals surface area contributed by atoms with E-state index in [4.69, 9.17) is 0 Å². The number of carbonyl (C=O) groups excluding carboxylic acids is 1. The van der Waals surface area contributed by atoms with Crippen LogP contribution in [0.3, 0.4) is 0 Å². The second kappa shape index (κ2) is 7.62. The van der Waals surface area contributed by atoms with Gasteiger partial charge >= 0.3 is 6.18 Å². The predicted octanol–water partition coefficient (Wildman–Crippen LogP) is 5.93. The van der Waals surface area contributed by atoms with E-state index in [1.807, 2.05) is 53.5 Å². The molecule has 3 nitrogen and oxygen atoms in total. The van der Waals surface area contributed by atoms with Crippen molar-refractivity contribution in [2.45, 2.75) is 38.0 Å². The number of benzene rings is 2. The van der Waals surface area contributed by atoms with Crippen molar-refractivity contribution in [1.29, 1.82) is 0 Å². The van der Waals surface area contributed by atoms with Crippen molar-refractivity contribution in [3.05, 3.63) is 102 Å². The van der Waals surface area contributed by atoms with E-state index < -0.39 is 17.8 Å². The molecule has 0 saturated carbocycles. The molecule has 2 atom stereocenters. The van der Waals surface area contributed by atoms with Crippen LogP contribution in [0, 0.1) is 0 Å². The Morgan fingerprint density at radius 2 is 1.84 bits per heavy atom. The summed E-state index contributed by atoms with van der Waals surface area (Å²) >= 11 is 0. The topological polar surface area (TPSA) is 25.9 Å². The Kier molecular flexibility index (Phi) is 4.88. The van der Waals surface area contributed by atoms with Crippen LogP contribution in [0.15, 0.2) is 79.3 Å². The fourth-order valence-electron chi connectivity index (χ4n) is 4.64. The van der Waals surface area contributed by atoms with Crippen molar-refractivity contribution in [3.63, 3.8) is 0 Å². The van der Waals surface area contributed by atoms with Crippen molar-refractivity contribution in [3.8, 4) is 0 Å². The summed E-state index contributed by atoms with van der Waals surface area (Å²) in [5.41, 5.74) is 2.32. The fraction of sp³-hybridized carbons (Fsp3) is 0.231. The first-order valence-electron chi connectivity index (χ1n) is 10.6. The maximum Gasteiger partial charge on any atom is 0.416 e. The first-order valence-corrected chi connectivity index (χ1v) is 10.6. The number of pyridine rings is 1. The number of hydrogen-bond acceptors (Lipinski definition) is 1. The van der Waals surface area contributed by atoms with Gasteiger partial charge in [-0.15, -0.1) is 0 Å². The zero-order valence-electron chi connectivity index (χ0n) is 17.5. The van der Waals surface area contributed by atoms with E-state index in [1.165, 1.54) is 11.6 Å². The van der Waals surface area contributed by atoms with Gasteiger partial charge in [0.05, 0.1) is 22.5 Å². The third kappa shape index (κ3) is 3.49. The second-order valence-electron chi connectivity index (χ2n) is 8.33. The first kappa shape index (κ1) is 20.5. The molecule has 1 aliphatic carbocycles. The third-order valence-corrected chi connectivity index (χ3v) is 6.43. The second-order valence-corrected chi connectivity index (χ2v) is 8.33. The lowest BCUT2D eigenvalue weighted by molar-refractivity contribution is -0.707. The molecule has 162 valence electrons. The van der Waals surface area contributed by atoms with E-state index in [9.17, 15) is 18.0 Å². The van der Waals surface area contributed by atoms with Crippen LogP contribution >= 0.6 is 0 Å². The summed E-state index contributed by atoms with van der Waals surface area (Å²) in [5.74, 6) is -0.265. The zero-order valence-corrected chi connectivity index (χ0v) is 17.5. The number of halogens is 3. The molecule has 0 spiro atoms. The van der Waals surface area contributed by atoms with Crippen molar-refractivity contribution in [2.75, 3.05) is 0 Å². The molecule has 2 heterocycles. The molecule has 6 heteroatoms. The average molecular weight is 435 g/mol. The van der Waals surface area contributed by atoms with Gasteiger partial charge in [-0.3, -0.25) is 4.79 Å². The molecule has 0 amide bonds. The minimum absolute atomic E-state index is 0.147. The van der Waals surface area contributed by atoms with E-state index in [-0.39, 0.29) is 17.4 Å². The highest BCUT2D eigenvalue weighted by atomic mass is 19.4. The number of aromatic nitrogens is 2. The molecule has 2 aromatic heterocycles. The lowest BCUT2D eigenvalue weighted by atomic mass is 9.85. The molecule has 0 radical (unpaired) electrons. The van der Waals surface area contributed by atoms with Gasteiger partial charge in [0.15, 0.2) is 12.4 Å². The highest BCUT2D eigenvalue weighted by molar-refractivity contribution is 6.00.